The Morgan fingerprint density at radius 2 is 1.96 bits per heavy atom. The third-order valence-electron chi connectivity index (χ3n) is 5.40. The van der Waals surface area contributed by atoms with Gasteiger partial charge in [0.05, 0.1) is 23.1 Å². The molecule has 0 saturated heterocycles. The smallest absolute Gasteiger partial charge is 0.248 e. The number of carbonyl (C=O) groups is 1. The van der Waals surface area contributed by atoms with Crippen LogP contribution in [0.25, 0.3) is 22.3 Å². The Kier molecular flexibility index (Phi) is 4.56. The molecule has 0 atom stereocenters. The zero-order chi connectivity index (χ0) is 19.9. The van der Waals surface area contributed by atoms with Crippen LogP contribution in [0, 0.1) is 12.8 Å². The van der Waals surface area contributed by atoms with Crippen LogP contribution in [-0.4, -0.2) is 31.3 Å². The van der Waals surface area contributed by atoms with Gasteiger partial charge in [0.1, 0.15) is 11.6 Å². The molecule has 3 heterocycles. The van der Waals surface area contributed by atoms with E-state index in [2.05, 4.69) is 20.3 Å². The van der Waals surface area contributed by atoms with Crippen molar-refractivity contribution in [2.45, 2.75) is 38.5 Å². The van der Waals surface area contributed by atoms with E-state index < -0.39 is 11.8 Å². The van der Waals surface area contributed by atoms with Crippen molar-refractivity contribution in [3.05, 3.63) is 36.4 Å². The summed E-state index contributed by atoms with van der Waals surface area (Å²) in [7, 11) is 1.93. The molecular weight excluding hydrogens is 364 g/mol. The minimum atomic E-state index is -2.65. The van der Waals surface area contributed by atoms with Gasteiger partial charge in [-0.15, -0.1) is 0 Å². The van der Waals surface area contributed by atoms with Crippen molar-refractivity contribution in [3.63, 3.8) is 0 Å². The lowest BCUT2D eigenvalue weighted by Crippen LogP contribution is -2.32. The minimum absolute atomic E-state index is 0.189. The van der Waals surface area contributed by atoms with E-state index in [0.717, 1.165) is 22.6 Å². The summed E-state index contributed by atoms with van der Waals surface area (Å²) >= 11 is 0. The first-order valence-corrected chi connectivity index (χ1v) is 9.27. The first-order chi connectivity index (χ1) is 13.3. The van der Waals surface area contributed by atoms with Crippen molar-refractivity contribution >= 4 is 22.6 Å². The molecule has 1 fully saturated rings. The number of hydrogen-bond donors (Lipinski definition) is 1. The topological polar surface area (TPSA) is 72.7 Å². The molecule has 3 aromatic rings. The zero-order valence-corrected chi connectivity index (χ0v) is 15.7. The first-order valence-electron chi connectivity index (χ1n) is 9.27. The van der Waals surface area contributed by atoms with Gasteiger partial charge in [-0.1, -0.05) is 0 Å². The average Bonchev–Trinajstić information content (AvgIpc) is 3.00. The summed E-state index contributed by atoms with van der Waals surface area (Å²) in [4.78, 5) is 25.6. The van der Waals surface area contributed by atoms with Gasteiger partial charge in [-0.2, -0.15) is 0 Å². The minimum Gasteiger partial charge on any atom is -0.330 e. The Morgan fingerprint density at radius 3 is 2.64 bits per heavy atom. The molecule has 0 aliphatic heterocycles. The normalized spacial score (nSPS) is 17.0. The number of alkyl halides is 2. The van der Waals surface area contributed by atoms with Crippen LogP contribution in [0.1, 0.15) is 31.5 Å². The number of rotatable bonds is 3. The molecule has 0 aromatic carbocycles. The maximum Gasteiger partial charge on any atom is 0.248 e. The second-order valence-corrected chi connectivity index (χ2v) is 7.33. The molecular formula is C20H21F2N5O. The van der Waals surface area contributed by atoms with Crippen molar-refractivity contribution in [2.75, 3.05) is 5.32 Å². The molecule has 1 amide bonds. The molecule has 146 valence electrons. The Morgan fingerprint density at radius 1 is 1.21 bits per heavy atom. The number of imidazole rings is 1. The van der Waals surface area contributed by atoms with Gasteiger partial charge in [0.2, 0.25) is 11.8 Å². The predicted molar refractivity (Wildman–Crippen MR) is 102 cm³/mol. The van der Waals surface area contributed by atoms with Gasteiger partial charge in [-0.25, -0.2) is 23.7 Å². The largest absolute Gasteiger partial charge is 0.330 e. The number of pyridine rings is 2. The molecule has 1 N–H and O–H groups in total. The molecule has 8 heteroatoms. The van der Waals surface area contributed by atoms with Gasteiger partial charge >= 0.3 is 0 Å². The number of hydrogen-bond acceptors (Lipinski definition) is 4. The number of aromatic nitrogens is 4. The van der Waals surface area contributed by atoms with E-state index in [-0.39, 0.29) is 31.6 Å². The van der Waals surface area contributed by atoms with E-state index in [4.69, 9.17) is 0 Å². The maximum absolute atomic E-state index is 13.3. The van der Waals surface area contributed by atoms with E-state index in [9.17, 15) is 13.6 Å². The number of nitrogens with zero attached hydrogens (tertiary/aromatic N) is 4. The number of anilines is 1. The molecule has 28 heavy (non-hydrogen) atoms. The lowest BCUT2D eigenvalue weighted by atomic mass is 9.86. The van der Waals surface area contributed by atoms with Gasteiger partial charge in [0.25, 0.3) is 0 Å². The molecule has 6 nitrogen and oxygen atoms in total. The second-order valence-electron chi connectivity index (χ2n) is 7.33. The van der Waals surface area contributed by atoms with Gasteiger partial charge in [0.15, 0.2) is 0 Å². The summed E-state index contributed by atoms with van der Waals surface area (Å²) in [6.45, 7) is 1.92. The van der Waals surface area contributed by atoms with Crippen LogP contribution in [0.3, 0.4) is 0 Å². The van der Waals surface area contributed by atoms with Crippen LogP contribution in [0.4, 0.5) is 14.6 Å². The van der Waals surface area contributed by atoms with Crippen molar-refractivity contribution in [1.29, 1.82) is 0 Å². The summed E-state index contributed by atoms with van der Waals surface area (Å²) in [6.07, 6.45) is 3.30. The highest BCUT2D eigenvalue weighted by Crippen LogP contribution is 2.36. The SMILES string of the molecule is Cc1ncc(-c2ccc3cnc(NC(=O)C4CCC(F)(F)CC4)cc3n2)n1C. The monoisotopic (exact) mass is 385 g/mol. The number of halogens is 2. The fourth-order valence-corrected chi connectivity index (χ4v) is 3.50. The van der Waals surface area contributed by atoms with Crippen LogP contribution >= 0.6 is 0 Å². The van der Waals surface area contributed by atoms with Crippen molar-refractivity contribution in [1.82, 2.24) is 19.5 Å². The van der Waals surface area contributed by atoms with Crippen LogP contribution in [0.2, 0.25) is 0 Å². The van der Waals surface area contributed by atoms with Gasteiger partial charge < -0.3 is 9.88 Å². The van der Waals surface area contributed by atoms with Crippen LogP contribution in [0.15, 0.2) is 30.6 Å². The Balaban J connectivity index is 1.55. The number of amides is 1. The van der Waals surface area contributed by atoms with Crippen LogP contribution in [0.5, 0.6) is 0 Å². The van der Waals surface area contributed by atoms with E-state index in [1.54, 1.807) is 18.5 Å². The third-order valence-corrected chi connectivity index (χ3v) is 5.40. The van der Waals surface area contributed by atoms with Crippen molar-refractivity contribution in [2.24, 2.45) is 13.0 Å². The second kappa shape index (κ2) is 6.92. The zero-order valence-electron chi connectivity index (χ0n) is 15.7. The number of aryl methyl sites for hydroxylation is 1. The number of fused-ring (bicyclic) bond motifs is 1. The van der Waals surface area contributed by atoms with Crippen LogP contribution < -0.4 is 5.32 Å². The fraction of sp³-hybridized carbons (Fsp3) is 0.400. The van der Waals surface area contributed by atoms with Gasteiger partial charge in [0, 0.05) is 43.5 Å². The van der Waals surface area contributed by atoms with E-state index in [1.165, 1.54) is 0 Å². The molecule has 4 rings (SSSR count). The maximum atomic E-state index is 13.3. The Bertz CT molecular complexity index is 1040. The molecule has 1 aliphatic carbocycles. The van der Waals surface area contributed by atoms with E-state index in [1.807, 2.05) is 30.7 Å². The van der Waals surface area contributed by atoms with Gasteiger partial charge in [-0.05, 0) is 31.9 Å². The molecule has 0 spiro atoms. The highest BCUT2D eigenvalue weighted by atomic mass is 19.3. The average molecular weight is 385 g/mol. The summed E-state index contributed by atoms with van der Waals surface area (Å²) < 4.78 is 28.5. The molecule has 0 bridgehead atoms. The summed E-state index contributed by atoms with van der Waals surface area (Å²) in [5.41, 5.74) is 2.36. The number of carbonyl (C=O) groups excluding carboxylic acids is 1. The quantitative estimate of drug-likeness (QED) is 0.737. The van der Waals surface area contributed by atoms with Crippen molar-refractivity contribution < 1.29 is 13.6 Å². The third kappa shape index (κ3) is 3.58. The van der Waals surface area contributed by atoms with Gasteiger partial charge in [-0.3, -0.25) is 4.79 Å². The summed E-state index contributed by atoms with van der Waals surface area (Å²) in [5, 5.41) is 3.60. The Hall–Kier alpha value is -2.90. The fourth-order valence-electron chi connectivity index (χ4n) is 3.50. The summed E-state index contributed by atoms with van der Waals surface area (Å²) in [5.74, 6) is -2.06. The lowest BCUT2D eigenvalue weighted by Gasteiger charge is -2.27. The van der Waals surface area contributed by atoms with Crippen LogP contribution in [-0.2, 0) is 11.8 Å². The summed E-state index contributed by atoms with van der Waals surface area (Å²) in [6, 6.07) is 5.53. The first kappa shape index (κ1) is 18.5. The Labute approximate surface area is 161 Å². The predicted octanol–water partition coefficient (Wildman–Crippen LogP) is 4.10. The van der Waals surface area contributed by atoms with E-state index in [0.29, 0.717) is 11.3 Å². The molecule has 1 aliphatic rings. The lowest BCUT2D eigenvalue weighted by molar-refractivity contribution is -0.124. The number of nitrogens with one attached hydrogen (secondary N) is 1. The standard InChI is InChI=1S/C20H21F2N5O/c1-12-23-11-17(27(12)2)15-4-3-14-10-24-18(9-16(14)25-15)26-19(28)13-5-7-20(21,22)8-6-13/h3-4,9-11,13H,5-8H2,1-2H3,(H,24,26,28). The molecule has 1 saturated carbocycles. The molecule has 0 unspecified atom stereocenters. The highest BCUT2D eigenvalue weighted by Gasteiger charge is 2.37. The van der Waals surface area contributed by atoms with E-state index >= 15 is 0 Å². The molecule has 0 radical (unpaired) electrons. The highest BCUT2D eigenvalue weighted by molar-refractivity contribution is 5.93. The van der Waals surface area contributed by atoms with Crippen molar-refractivity contribution in [3.8, 4) is 11.4 Å². The molecule has 3 aromatic heterocycles.